The van der Waals surface area contributed by atoms with Crippen molar-refractivity contribution in [1.29, 1.82) is 0 Å². The lowest BCUT2D eigenvalue weighted by molar-refractivity contribution is -0.127. The number of piperidine rings is 1. The summed E-state index contributed by atoms with van der Waals surface area (Å²) in [7, 11) is 0. The van der Waals surface area contributed by atoms with Crippen molar-refractivity contribution in [2.24, 2.45) is 0 Å². The molecule has 0 spiro atoms. The minimum Gasteiger partial charge on any atom is -0.310 e. The van der Waals surface area contributed by atoms with Crippen molar-refractivity contribution in [2.45, 2.75) is 46.1 Å². The van der Waals surface area contributed by atoms with Crippen LogP contribution in [0.5, 0.6) is 0 Å². The van der Waals surface area contributed by atoms with Gasteiger partial charge in [-0.15, -0.1) is 0 Å². The first-order valence-corrected chi connectivity index (χ1v) is 5.22. The van der Waals surface area contributed by atoms with E-state index in [9.17, 15) is 4.79 Å². The molecule has 0 aromatic heterocycles. The monoisotopic (exact) mass is 193 g/mol. The van der Waals surface area contributed by atoms with Crippen LogP contribution in [0.15, 0.2) is 23.9 Å². The maximum absolute atomic E-state index is 11.9. The molecule has 1 aliphatic heterocycles. The summed E-state index contributed by atoms with van der Waals surface area (Å²) in [5.41, 5.74) is 1.77. The Balaban J connectivity index is 2.83. The summed E-state index contributed by atoms with van der Waals surface area (Å²) < 4.78 is 0. The van der Waals surface area contributed by atoms with E-state index in [-0.39, 0.29) is 5.91 Å². The normalized spacial score (nSPS) is 23.9. The Morgan fingerprint density at radius 2 is 2.29 bits per heavy atom. The Hall–Kier alpha value is -1.05. The molecule has 0 aromatic carbocycles. The third kappa shape index (κ3) is 2.06. The highest BCUT2D eigenvalue weighted by atomic mass is 16.2. The molecule has 1 rings (SSSR count). The van der Waals surface area contributed by atoms with Crippen LogP contribution in [0.2, 0.25) is 0 Å². The van der Waals surface area contributed by atoms with Crippen molar-refractivity contribution in [2.75, 3.05) is 0 Å². The summed E-state index contributed by atoms with van der Waals surface area (Å²) in [4.78, 5) is 13.8. The maximum atomic E-state index is 11.9. The zero-order valence-electron chi connectivity index (χ0n) is 9.34. The smallest absolute Gasteiger partial charge is 0.253 e. The summed E-state index contributed by atoms with van der Waals surface area (Å²) in [5.74, 6) is 0.115. The Kier molecular flexibility index (Phi) is 3.50. The van der Waals surface area contributed by atoms with Gasteiger partial charge in [0.15, 0.2) is 0 Å². The molecule has 1 amide bonds. The molecule has 0 bridgehead atoms. The van der Waals surface area contributed by atoms with Crippen LogP contribution in [-0.2, 0) is 4.79 Å². The van der Waals surface area contributed by atoms with Crippen molar-refractivity contribution in [1.82, 2.24) is 4.90 Å². The second kappa shape index (κ2) is 4.45. The molecule has 1 fully saturated rings. The Morgan fingerprint density at radius 3 is 2.79 bits per heavy atom. The molecule has 14 heavy (non-hydrogen) atoms. The first-order valence-electron chi connectivity index (χ1n) is 5.22. The van der Waals surface area contributed by atoms with Crippen LogP contribution in [0.4, 0.5) is 0 Å². The molecule has 1 saturated heterocycles. The Morgan fingerprint density at radius 1 is 1.64 bits per heavy atom. The van der Waals surface area contributed by atoms with Gasteiger partial charge in [-0.05, 0) is 40.0 Å². The van der Waals surface area contributed by atoms with Crippen molar-refractivity contribution in [3.63, 3.8) is 0 Å². The van der Waals surface area contributed by atoms with E-state index in [0.717, 1.165) is 30.5 Å². The summed E-state index contributed by atoms with van der Waals surface area (Å²) in [5, 5.41) is 0. The van der Waals surface area contributed by atoms with Crippen LogP contribution in [0.3, 0.4) is 0 Å². The third-order valence-corrected chi connectivity index (χ3v) is 2.86. The van der Waals surface area contributed by atoms with E-state index in [4.69, 9.17) is 0 Å². The van der Waals surface area contributed by atoms with Gasteiger partial charge in [0.05, 0.1) is 0 Å². The van der Waals surface area contributed by atoms with E-state index in [1.165, 1.54) is 0 Å². The van der Waals surface area contributed by atoms with E-state index in [0.29, 0.717) is 6.04 Å². The topological polar surface area (TPSA) is 20.3 Å². The quantitative estimate of drug-likeness (QED) is 0.586. The van der Waals surface area contributed by atoms with Crippen molar-refractivity contribution >= 4 is 5.91 Å². The van der Waals surface area contributed by atoms with Gasteiger partial charge in [0.2, 0.25) is 0 Å². The largest absolute Gasteiger partial charge is 0.310 e. The van der Waals surface area contributed by atoms with Gasteiger partial charge < -0.3 is 4.90 Å². The number of carbonyl (C=O) groups is 1. The SMILES string of the molecule is C=C1CCC[C@@H](C)N1C(=O)/C(C)=C/C. The first kappa shape index (κ1) is 11.0. The number of likely N-dealkylation sites (tertiary alicyclic amines) is 1. The van der Waals surface area contributed by atoms with Crippen LogP contribution in [0, 0.1) is 0 Å². The molecule has 2 nitrogen and oxygen atoms in total. The minimum absolute atomic E-state index is 0.115. The molecule has 0 radical (unpaired) electrons. The van der Waals surface area contributed by atoms with Crippen molar-refractivity contribution in [3.8, 4) is 0 Å². The van der Waals surface area contributed by atoms with E-state index in [2.05, 4.69) is 13.5 Å². The lowest BCUT2D eigenvalue weighted by Crippen LogP contribution is -2.40. The lowest BCUT2D eigenvalue weighted by atomic mass is 10.00. The summed E-state index contributed by atoms with van der Waals surface area (Å²) in [6, 6.07) is 0.304. The molecule has 1 aliphatic rings. The number of hydrogen-bond acceptors (Lipinski definition) is 1. The number of nitrogens with zero attached hydrogens (tertiary/aromatic N) is 1. The number of carbonyl (C=O) groups excluding carboxylic acids is 1. The van der Waals surface area contributed by atoms with Crippen molar-refractivity contribution < 1.29 is 4.79 Å². The first-order chi connectivity index (χ1) is 6.57. The fourth-order valence-corrected chi connectivity index (χ4v) is 1.82. The van der Waals surface area contributed by atoms with Crippen LogP contribution in [-0.4, -0.2) is 16.8 Å². The molecule has 0 aliphatic carbocycles. The molecule has 0 saturated carbocycles. The predicted molar refractivity (Wildman–Crippen MR) is 58.7 cm³/mol. The number of rotatable bonds is 1. The minimum atomic E-state index is 0.115. The maximum Gasteiger partial charge on any atom is 0.253 e. The van der Waals surface area contributed by atoms with E-state index in [1.54, 1.807) is 0 Å². The fraction of sp³-hybridized carbons (Fsp3) is 0.583. The van der Waals surface area contributed by atoms with Crippen LogP contribution in [0.1, 0.15) is 40.0 Å². The average molecular weight is 193 g/mol. The molecular formula is C12H19NO. The molecule has 0 unspecified atom stereocenters. The molecule has 0 N–H and O–H groups in total. The third-order valence-electron chi connectivity index (χ3n) is 2.86. The fourth-order valence-electron chi connectivity index (χ4n) is 1.82. The zero-order valence-corrected chi connectivity index (χ0v) is 9.34. The highest BCUT2D eigenvalue weighted by molar-refractivity contribution is 5.94. The molecule has 0 aromatic rings. The van der Waals surface area contributed by atoms with Gasteiger partial charge in [-0.2, -0.15) is 0 Å². The second-order valence-corrected chi connectivity index (χ2v) is 3.95. The van der Waals surface area contributed by atoms with Crippen molar-refractivity contribution in [3.05, 3.63) is 23.9 Å². The van der Waals surface area contributed by atoms with Crippen LogP contribution in [0.25, 0.3) is 0 Å². The van der Waals surface area contributed by atoms with E-state index >= 15 is 0 Å². The molecule has 2 heteroatoms. The lowest BCUT2D eigenvalue weighted by Gasteiger charge is -2.35. The van der Waals surface area contributed by atoms with Gasteiger partial charge in [0, 0.05) is 17.3 Å². The standard InChI is InChI=1S/C12H19NO/c1-5-9(2)12(14)13-10(3)7-6-8-11(13)4/h5,11H,3,6-8H2,1-2,4H3/b9-5+/t11-/m1/s1. The molecule has 78 valence electrons. The molecular weight excluding hydrogens is 174 g/mol. The number of allylic oxidation sites excluding steroid dienone is 2. The zero-order chi connectivity index (χ0) is 10.7. The van der Waals surface area contributed by atoms with E-state index < -0.39 is 0 Å². The summed E-state index contributed by atoms with van der Waals surface area (Å²) in [6.45, 7) is 9.80. The average Bonchev–Trinajstić information content (AvgIpc) is 2.16. The molecule has 1 heterocycles. The Bertz CT molecular complexity index is 278. The van der Waals surface area contributed by atoms with Crippen LogP contribution >= 0.6 is 0 Å². The van der Waals surface area contributed by atoms with Gasteiger partial charge in [0.25, 0.3) is 5.91 Å². The summed E-state index contributed by atoms with van der Waals surface area (Å²) in [6.07, 6.45) is 5.05. The number of hydrogen-bond donors (Lipinski definition) is 0. The van der Waals surface area contributed by atoms with Gasteiger partial charge in [-0.3, -0.25) is 4.79 Å². The second-order valence-electron chi connectivity index (χ2n) is 3.95. The van der Waals surface area contributed by atoms with E-state index in [1.807, 2.05) is 24.8 Å². The number of amides is 1. The Labute approximate surface area is 86.3 Å². The highest BCUT2D eigenvalue weighted by Crippen LogP contribution is 2.25. The van der Waals surface area contributed by atoms with Gasteiger partial charge in [0.1, 0.15) is 0 Å². The van der Waals surface area contributed by atoms with Gasteiger partial charge in [-0.1, -0.05) is 12.7 Å². The van der Waals surface area contributed by atoms with Crippen LogP contribution < -0.4 is 0 Å². The summed E-state index contributed by atoms with van der Waals surface area (Å²) >= 11 is 0. The predicted octanol–water partition coefficient (Wildman–Crippen LogP) is 2.87. The van der Waals surface area contributed by atoms with Gasteiger partial charge in [-0.25, -0.2) is 0 Å². The van der Waals surface area contributed by atoms with Gasteiger partial charge >= 0.3 is 0 Å². The highest BCUT2D eigenvalue weighted by Gasteiger charge is 2.26. The molecule has 1 atom stereocenters.